The quantitative estimate of drug-likeness (QED) is 0.890. The highest BCUT2D eigenvalue weighted by Crippen LogP contribution is 2.19. The molecule has 0 radical (unpaired) electrons. The highest BCUT2D eigenvalue weighted by Gasteiger charge is 2.23. The molecule has 0 unspecified atom stereocenters. The van der Waals surface area contributed by atoms with Crippen molar-refractivity contribution < 1.29 is 14.3 Å². The van der Waals surface area contributed by atoms with Crippen molar-refractivity contribution in [1.82, 2.24) is 9.47 Å². The molecule has 1 aromatic heterocycles. The largest absolute Gasteiger partial charge is 0.477 e. The molecule has 1 N–H and O–H groups in total. The van der Waals surface area contributed by atoms with Gasteiger partial charge in [-0.2, -0.15) is 0 Å². The number of pyridine rings is 1. The Hall–Kier alpha value is -1.69. The number of aromatic carboxylic acids is 1. The third kappa shape index (κ3) is 3.01. The molecule has 1 aliphatic rings. The van der Waals surface area contributed by atoms with E-state index in [0.717, 1.165) is 19.4 Å². The van der Waals surface area contributed by atoms with E-state index in [1.807, 2.05) is 4.90 Å². The standard InChI is InChI=1S/C13H17FN2O3/c14-5-8-15-6-1-3-10(9-15)16-7-2-4-11(12(16)17)13(18)19/h2,4,7,10H,1,3,5-6,8-9H2,(H,18,19)/t10-/m1/s1. The molecule has 0 amide bonds. The number of alkyl halides is 1. The van der Waals surface area contributed by atoms with Gasteiger partial charge >= 0.3 is 5.97 Å². The Kier molecular flexibility index (Phi) is 4.31. The van der Waals surface area contributed by atoms with Crippen LogP contribution in [0.3, 0.4) is 0 Å². The van der Waals surface area contributed by atoms with Crippen LogP contribution in [0.15, 0.2) is 23.1 Å². The maximum atomic E-state index is 12.4. The maximum absolute atomic E-state index is 12.4. The average molecular weight is 268 g/mol. The van der Waals surface area contributed by atoms with E-state index in [9.17, 15) is 14.0 Å². The Morgan fingerprint density at radius 1 is 1.53 bits per heavy atom. The van der Waals surface area contributed by atoms with E-state index in [1.54, 1.807) is 12.3 Å². The lowest BCUT2D eigenvalue weighted by molar-refractivity contribution is 0.0693. The number of rotatable bonds is 4. The van der Waals surface area contributed by atoms with Crippen molar-refractivity contribution in [3.05, 3.63) is 34.2 Å². The molecule has 5 nitrogen and oxygen atoms in total. The van der Waals surface area contributed by atoms with E-state index in [0.29, 0.717) is 13.1 Å². The second-order valence-corrected chi connectivity index (χ2v) is 4.73. The molecule has 1 aliphatic heterocycles. The monoisotopic (exact) mass is 268 g/mol. The van der Waals surface area contributed by atoms with Crippen molar-refractivity contribution in [3.8, 4) is 0 Å². The Morgan fingerprint density at radius 2 is 2.32 bits per heavy atom. The fraction of sp³-hybridized carbons (Fsp3) is 0.538. The summed E-state index contributed by atoms with van der Waals surface area (Å²) in [6.45, 7) is 1.38. The van der Waals surface area contributed by atoms with Crippen LogP contribution in [0.1, 0.15) is 29.2 Å². The van der Waals surface area contributed by atoms with Crippen molar-refractivity contribution >= 4 is 5.97 Å². The summed E-state index contributed by atoms with van der Waals surface area (Å²) in [5, 5.41) is 8.95. The number of halogens is 1. The number of hydrogen-bond donors (Lipinski definition) is 1. The number of aromatic nitrogens is 1. The number of hydrogen-bond acceptors (Lipinski definition) is 3. The van der Waals surface area contributed by atoms with Crippen LogP contribution in [0.2, 0.25) is 0 Å². The van der Waals surface area contributed by atoms with Gasteiger partial charge in [0.05, 0.1) is 0 Å². The highest BCUT2D eigenvalue weighted by atomic mass is 19.1. The van der Waals surface area contributed by atoms with Crippen LogP contribution in [0.5, 0.6) is 0 Å². The van der Waals surface area contributed by atoms with Crippen molar-refractivity contribution in [1.29, 1.82) is 0 Å². The van der Waals surface area contributed by atoms with Crippen LogP contribution in [0, 0.1) is 0 Å². The summed E-state index contributed by atoms with van der Waals surface area (Å²) in [7, 11) is 0. The third-order valence-electron chi connectivity index (χ3n) is 3.48. The molecule has 104 valence electrons. The molecule has 6 heteroatoms. The van der Waals surface area contributed by atoms with Crippen molar-refractivity contribution in [2.75, 3.05) is 26.3 Å². The lowest BCUT2D eigenvalue weighted by Gasteiger charge is -2.33. The second-order valence-electron chi connectivity index (χ2n) is 4.73. The zero-order valence-corrected chi connectivity index (χ0v) is 10.6. The van der Waals surface area contributed by atoms with Crippen molar-refractivity contribution in [2.24, 2.45) is 0 Å². The molecule has 0 spiro atoms. The summed E-state index contributed by atoms with van der Waals surface area (Å²) in [4.78, 5) is 25.0. The van der Waals surface area contributed by atoms with Gasteiger partial charge in [-0.25, -0.2) is 9.18 Å². The molecule has 1 fully saturated rings. The predicted molar refractivity (Wildman–Crippen MR) is 68.3 cm³/mol. The summed E-state index contributed by atoms with van der Waals surface area (Å²) in [6.07, 6.45) is 3.30. The second kappa shape index (κ2) is 5.97. The van der Waals surface area contributed by atoms with Gasteiger partial charge < -0.3 is 9.67 Å². The number of likely N-dealkylation sites (tertiary alicyclic amines) is 1. The van der Waals surface area contributed by atoms with Crippen LogP contribution in [0.25, 0.3) is 0 Å². The first kappa shape index (κ1) is 13.7. The Balaban J connectivity index is 2.24. The summed E-state index contributed by atoms with van der Waals surface area (Å²) in [6, 6.07) is 2.80. The first-order chi connectivity index (χ1) is 9.13. The normalized spacial score (nSPS) is 20.4. The third-order valence-corrected chi connectivity index (χ3v) is 3.48. The fourth-order valence-corrected chi connectivity index (χ4v) is 2.54. The van der Waals surface area contributed by atoms with E-state index in [4.69, 9.17) is 5.11 Å². The number of piperidine rings is 1. The number of carboxylic acids is 1. The number of carbonyl (C=O) groups is 1. The van der Waals surface area contributed by atoms with Crippen molar-refractivity contribution in [3.63, 3.8) is 0 Å². The molecule has 0 aliphatic carbocycles. The Bertz CT molecular complexity index is 513. The van der Waals surface area contributed by atoms with E-state index in [1.165, 1.54) is 10.6 Å². The van der Waals surface area contributed by atoms with Crippen molar-refractivity contribution in [2.45, 2.75) is 18.9 Å². The minimum atomic E-state index is -1.21. The molecule has 1 saturated heterocycles. The first-order valence-corrected chi connectivity index (χ1v) is 6.36. The fourth-order valence-electron chi connectivity index (χ4n) is 2.54. The topological polar surface area (TPSA) is 62.5 Å². The van der Waals surface area contributed by atoms with Gasteiger partial charge in [-0.05, 0) is 31.5 Å². The maximum Gasteiger partial charge on any atom is 0.341 e. The molecular weight excluding hydrogens is 251 g/mol. The molecule has 2 rings (SSSR count). The van der Waals surface area contributed by atoms with Gasteiger partial charge in [-0.1, -0.05) is 0 Å². The zero-order valence-electron chi connectivity index (χ0n) is 10.6. The molecule has 0 bridgehead atoms. The lowest BCUT2D eigenvalue weighted by atomic mass is 10.1. The highest BCUT2D eigenvalue weighted by molar-refractivity contribution is 5.86. The van der Waals surface area contributed by atoms with Crippen LogP contribution < -0.4 is 5.56 Å². The van der Waals surface area contributed by atoms with E-state index < -0.39 is 18.2 Å². The summed E-state index contributed by atoms with van der Waals surface area (Å²) in [5.41, 5.74) is -0.702. The van der Waals surface area contributed by atoms with Crippen LogP contribution in [-0.4, -0.2) is 46.9 Å². The van der Waals surface area contributed by atoms with Gasteiger partial charge in [0.1, 0.15) is 12.2 Å². The van der Waals surface area contributed by atoms with Gasteiger partial charge in [0, 0.05) is 25.3 Å². The van der Waals surface area contributed by atoms with Gasteiger partial charge in [0.2, 0.25) is 0 Å². The van der Waals surface area contributed by atoms with Gasteiger partial charge in [-0.3, -0.25) is 9.69 Å². The zero-order chi connectivity index (χ0) is 13.8. The molecule has 0 aromatic carbocycles. The first-order valence-electron chi connectivity index (χ1n) is 6.36. The van der Waals surface area contributed by atoms with Gasteiger partial charge in [0.25, 0.3) is 5.56 Å². The molecule has 19 heavy (non-hydrogen) atoms. The molecule has 2 heterocycles. The van der Waals surface area contributed by atoms with Gasteiger partial charge in [-0.15, -0.1) is 0 Å². The smallest absolute Gasteiger partial charge is 0.341 e. The molecular formula is C13H17FN2O3. The van der Waals surface area contributed by atoms with E-state index in [-0.39, 0.29) is 11.6 Å². The predicted octanol–water partition coefficient (Wildman–Crippen LogP) is 1.15. The summed E-state index contributed by atoms with van der Waals surface area (Å²) in [5.74, 6) is -1.21. The average Bonchev–Trinajstić information content (AvgIpc) is 2.39. The Labute approximate surface area is 110 Å². The minimum Gasteiger partial charge on any atom is -0.477 e. The van der Waals surface area contributed by atoms with Gasteiger partial charge in [0.15, 0.2) is 0 Å². The van der Waals surface area contributed by atoms with E-state index >= 15 is 0 Å². The molecule has 0 saturated carbocycles. The number of carboxylic acid groups (broad SMARTS) is 1. The van der Waals surface area contributed by atoms with Crippen LogP contribution in [0.4, 0.5) is 4.39 Å². The van der Waals surface area contributed by atoms with Crippen LogP contribution >= 0.6 is 0 Å². The van der Waals surface area contributed by atoms with E-state index in [2.05, 4.69) is 0 Å². The molecule has 1 atom stereocenters. The number of nitrogens with zero attached hydrogens (tertiary/aromatic N) is 2. The Morgan fingerprint density at radius 3 is 3.00 bits per heavy atom. The minimum absolute atomic E-state index is 0.0768. The van der Waals surface area contributed by atoms with Crippen LogP contribution in [-0.2, 0) is 0 Å². The molecule has 1 aromatic rings. The lowest BCUT2D eigenvalue weighted by Crippen LogP contribution is -2.41. The SMILES string of the molecule is O=C(O)c1cccn([C@@H]2CCCN(CCF)C2)c1=O. The summed E-state index contributed by atoms with van der Waals surface area (Å²) < 4.78 is 13.8. The summed E-state index contributed by atoms with van der Waals surface area (Å²) >= 11 is 0.